The van der Waals surface area contributed by atoms with E-state index in [4.69, 9.17) is 14.7 Å². The summed E-state index contributed by atoms with van der Waals surface area (Å²) >= 11 is 1.59. The fourth-order valence-corrected chi connectivity index (χ4v) is 2.91. The molecule has 2 rings (SSSR count). The van der Waals surface area contributed by atoms with Crippen molar-refractivity contribution in [1.82, 2.24) is 0 Å². The van der Waals surface area contributed by atoms with Gasteiger partial charge < -0.3 is 9.47 Å². The number of nitriles is 1. The topological polar surface area (TPSA) is 59.3 Å². The summed E-state index contributed by atoms with van der Waals surface area (Å²) in [5.41, 5.74) is 1.13. The normalized spacial score (nSPS) is 10.0. The fourth-order valence-electron chi connectivity index (χ4n) is 1.97. The standard InChI is InChI=1S/C16H15NO3S/c1-10-4-15(11(2)21-10)16(18)9-20-14-6-12(8-17)5-13(7-14)19-3/h4-7H,9H2,1-3H3. The summed E-state index contributed by atoms with van der Waals surface area (Å²) in [6.07, 6.45) is 0. The number of ether oxygens (including phenoxy) is 2. The van der Waals surface area contributed by atoms with Crippen LogP contribution < -0.4 is 9.47 Å². The van der Waals surface area contributed by atoms with Crippen molar-refractivity contribution in [2.75, 3.05) is 13.7 Å². The lowest BCUT2D eigenvalue weighted by Crippen LogP contribution is -2.11. The van der Waals surface area contributed by atoms with E-state index < -0.39 is 0 Å². The average Bonchev–Trinajstić information content (AvgIpc) is 2.83. The second kappa shape index (κ2) is 6.42. The van der Waals surface area contributed by atoms with Gasteiger partial charge in [-0.05, 0) is 32.0 Å². The molecule has 0 N–H and O–H groups in total. The van der Waals surface area contributed by atoms with Gasteiger partial charge in [0, 0.05) is 21.4 Å². The van der Waals surface area contributed by atoms with Gasteiger partial charge in [-0.25, -0.2) is 0 Å². The van der Waals surface area contributed by atoms with Gasteiger partial charge in [0.15, 0.2) is 6.61 Å². The predicted molar refractivity (Wildman–Crippen MR) is 81.3 cm³/mol. The van der Waals surface area contributed by atoms with Crippen molar-refractivity contribution in [3.05, 3.63) is 45.1 Å². The molecule has 1 heterocycles. The third kappa shape index (κ3) is 3.61. The minimum Gasteiger partial charge on any atom is -0.497 e. The molecule has 0 saturated carbocycles. The van der Waals surface area contributed by atoms with Crippen LogP contribution in [0, 0.1) is 25.2 Å². The summed E-state index contributed by atoms with van der Waals surface area (Å²) < 4.78 is 10.6. The fraction of sp³-hybridized carbons (Fsp3) is 0.250. The predicted octanol–water partition coefficient (Wildman–Crippen LogP) is 3.51. The Kier molecular flexibility index (Phi) is 4.61. The Morgan fingerprint density at radius 2 is 1.95 bits per heavy atom. The summed E-state index contributed by atoms with van der Waals surface area (Å²) in [6, 6.07) is 8.75. The van der Waals surface area contributed by atoms with Gasteiger partial charge in [0.05, 0.1) is 18.7 Å². The molecule has 0 aliphatic carbocycles. The van der Waals surface area contributed by atoms with Crippen molar-refractivity contribution in [3.8, 4) is 17.6 Å². The maximum absolute atomic E-state index is 12.1. The molecule has 5 heteroatoms. The van der Waals surface area contributed by atoms with Crippen molar-refractivity contribution in [2.45, 2.75) is 13.8 Å². The van der Waals surface area contributed by atoms with Gasteiger partial charge in [-0.2, -0.15) is 5.26 Å². The van der Waals surface area contributed by atoms with Crippen LogP contribution in [-0.4, -0.2) is 19.5 Å². The van der Waals surface area contributed by atoms with Crippen molar-refractivity contribution >= 4 is 17.1 Å². The number of aryl methyl sites for hydroxylation is 2. The van der Waals surface area contributed by atoms with Crippen LogP contribution in [0.2, 0.25) is 0 Å². The Labute approximate surface area is 127 Å². The Morgan fingerprint density at radius 1 is 1.24 bits per heavy atom. The van der Waals surface area contributed by atoms with E-state index in [-0.39, 0.29) is 12.4 Å². The van der Waals surface area contributed by atoms with Gasteiger partial charge in [-0.3, -0.25) is 4.79 Å². The molecule has 2 aromatic rings. The minimum absolute atomic E-state index is 0.0605. The van der Waals surface area contributed by atoms with Crippen LogP contribution in [0.4, 0.5) is 0 Å². The molecule has 1 aromatic carbocycles. The first kappa shape index (κ1) is 15.1. The first-order valence-corrected chi connectivity index (χ1v) is 7.17. The number of hydrogen-bond acceptors (Lipinski definition) is 5. The largest absolute Gasteiger partial charge is 0.497 e. The van der Waals surface area contributed by atoms with Gasteiger partial charge in [0.2, 0.25) is 5.78 Å². The molecule has 0 aliphatic heterocycles. The van der Waals surface area contributed by atoms with Crippen molar-refractivity contribution in [1.29, 1.82) is 5.26 Å². The number of carbonyl (C=O) groups excluding carboxylic acids is 1. The van der Waals surface area contributed by atoms with Gasteiger partial charge in [0.1, 0.15) is 11.5 Å². The van der Waals surface area contributed by atoms with Gasteiger partial charge in [0.25, 0.3) is 0 Å². The van der Waals surface area contributed by atoms with E-state index in [1.807, 2.05) is 26.0 Å². The number of methoxy groups -OCH3 is 1. The molecular weight excluding hydrogens is 286 g/mol. The first-order valence-electron chi connectivity index (χ1n) is 6.35. The molecular formula is C16H15NO3S. The Bertz CT molecular complexity index is 713. The number of nitrogens with zero attached hydrogens (tertiary/aromatic N) is 1. The maximum atomic E-state index is 12.1. The van der Waals surface area contributed by atoms with E-state index >= 15 is 0 Å². The van der Waals surface area contributed by atoms with Crippen LogP contribution in [0.25, 0.3) is 0 Å². The molecule has 108 valence electrons. The third-order valence-corrected chi connectivity index (χ3v) is 3.92. The molecule has 4 nitrogen and oxygen atoms in total. The number of Topliss-reactive ketones (excluding diaryl/α,β-unsaturated/α-hetero) is 1. The smallest absolute Gasteiger partial charge is 0.201 e. The van der Waals surface area contributed by atoms with Gasteiger partial charge in [-0.1, -0.05) is 0 Å². The quantitative estimate of drug-likeness (QED) is 0.793. The molecule has 0 aliphatic rings. The van der Waals surface area contributed by atoms with E-state index in [0.29, 0.717) is 22.6 Å². The van der Waals surface area contributed by atoms with Crippen molar-refractivity contribution < 1.29 is 14.3 Å². The first-order chi connectivity index (χ1) is 10.0. The second-order valence-electron chi connectivity index (χ2n) is 4.55. The summed E-state index contributed by atoms with van der Waals surface area (Å²) in [7, 11) is 1.52. The Morgan fingerprint density at radius 3 is 2.52 bits per heavy atom. The zero-order chi connectivity index (χ0) is 15.4. The van der Waals surface area contributed by atoms with Gasteiger partial charge >= 0.3 is 0 Å². The molecule has 0 saturated heterocycles. The molecule has 0 fully saturated rings. The Balaban J connectivity index is 2.11. The number of thiophene rings is 1. The summed E-state index contributed by atoms with van der Waals surface area (Å²) in [4.78, 5) is 14.2. The number of benzene rings is 1. The van der Waals surface area contributed by atoms with E-state index in [1.165, 1.54) is 7.11 Å². The SMILES string of the molecule is COc1cc(C#N)cc(OCC(=O)c2cc(C)sc2C)c1. The van der Waals surface area contributed by atoms with Crippen molar-refractivity contribution in [3.63, 3.8) is 0 Å². The van der Waals surface area contributed by atoms with E-state index in [0.717, 1.165) is 9.75 Å². The number of ketones is 1. The van der Waals surface area contributed by atoms with Crippen LogP contribution in [0.15, 0.2) is 24.3 Å². The highest BCUT2D eigenvalue weighted by molar-refractivity contribution is 7.12. The zero-order valence-corrected chi connectivity index (χ0v) is 12.9. The van der Waals surface area contributed by atoms with E-state index in [2.05, 4.69) is 0 Å². The summed E-state index contributed by atoms with van der Waals surface area (Å²) in [5, 5.41) is 8.95. The van der Waals surface area contributed by atoms with E-state index in [1.54, 1.807) is 29.5 Å². The van der Waals surface area contributed by atoms with Crippen LogP contribution in [0.5, 0.6) is 11.5 Å². The highest BCUT2D eigenvalue weighted by atomic mass is 32.1. The average molecular weight is 301 g/mol. The van der Waals surface area contributed by atoms with Crippen molar-refractivity contribution in [2.24, 2.45) is 0 Å². The molecule has 1 aromatic heterocycles. The van der Waals surface area contributed by atoms with E-state index in [9.17, 15) is 4.79 Å². The van der Waals surface area contributed by atoms with Crippen LogP contribution >= 0.6 is 11.3 Å². The van der Waals surface area contributed by atoms with Crippen LogP contribution in [0.1, 0.15) is 25.7 Å². The zero-order valence-electron chi connectivity index (χ0n) is 12.1. The molecule has 0 bridgehead atoms. The highest BCUT2D eigenvalue weighted by Crippen LogP contribution is 2.24. The Hall–Kier alpha value is -2.32. The molecule has 0 atom stereocenters. The monoisotopic (exact) mass is 301 g/mol. The summed E-state index contributed by atoms with van der Waals surface area (Å²) in [6.45, 7) is 3.83. The molecule has 0 unspecified atom stereocenters. The lowest BCUT2D eigenvalue weighted by atomic mass is 10.1. The third-order valence-electron chi connectivity index (χ3n) is 2.96. The lowest BCUT2D eigenvalue weighted by Gasteiger charge is -2.08. The minimum atomic E-state index is -0.0711. The molecule has 21 heavy (non-hydrogen) atoms. The van der Waals surface area contributed by atoms with Crippen LogP contribution in [-0.2, 0) is 0 Å². The number of rotatable bonds is 5. The number of carbonyl (C=O) groups is 1. The molecule has 0 radical (unpaired) electrons. The maximum Gasteiger partial charge on any atom is 0.201 e. The van der Waals surface area contributed by atoms with Gasteiger partial charge in [-0.15, -0.1) is 11.3 Å². The second-order valence-corrected chi connectivity index (χ2v) is 6.01. The van der Waals surface area contributed by atoms with Crippen LogP contribution in [0.3, 0.4) is 0 Å². The lowest BCUT2D eigenvalue weighted by molar-refractivity contribution is 0.0921. The highest BCUT2D eigenvalue weighted by Gasteiger charge is 2.13. The number of hydrogen-bond donors (Lipinski definition) is 0. The molecule has 0 spiro atoms. The molecule has 0 amide bonds. The summed E-state index contributed by atoms with van der Waals surface area (Å²) in [5.74, 6) is 0.904.